The highest BCUT2D eigenvalue weighted by atomic mass is 35.5. The molecule has 2 N–H and O–H groups in total. The van der Waals surface area contributed by atoms with E-state index in [1.165, 1.54) is 30.3 Å². The molecule has 2 rings (SSSR count). The average molecular weight is 298 g/mol. The van der Waals surface area contributed by atoms with Gasteiger partial charge in [-0.05, 0) is 29.8 Å². The molecule has 0 amide bonds. The molecule has 0 spiro atoms. The Morgan fingerprint density at radius 3 is 2.60 bits per heavy atom. The summed E-state index contributed by atoms with van der Waals surface area (Å²) in [6.45, 7) is 0.126. The second kappa shape index (κ2) is 5.88. The number of para-hydroxylation sites is 1. The fourth-order valence-corrected chi connectivity index (χ4v) is 1.93. The van der Waals surface area contributed by atoms with Crippen molar-refractivity contribution >= 4 is 23.3 Å². The van der Waals surface area contributed by atoms with E-state index in [0.29, 0.717) is 5.56 Å². The lowest BCUT2D eigenvalue weighted by Gasteiger charge is -2.11. The number of hydrogen-bond acceptors (Lipinski definition) is 2. The van der Waals surface area contributed by atoms with E-state index in [4.69, 9.17) is 16.7 Å². The monoisotopic (exact) mass is 297 g/mol. The first-order chi connectivity index (χ1) is 9.49. The van der Waals surface area contributed by atoms with E-state index < -0.39 is 17.6 Å². The van der Waals surface area contributed by atoms with Crippen LogP contribution in [0.15, 0.2) is 36.4 Å². The largest absolute Gasteiger partial charge is 0.478 e. The molecule has 0 bridgehead atoms. The lowest BCUT2D eigenvalue weighted by atomic mass is 10.1. The van der Waals surface area contributed by atoms with Crippen LogP contribution in [0.25, 0.3) is 0 Å². The van der Waals surface area contributed by atoms with E-state index in [1.54, 1.807) is 0 Å². The molecule has 6 heteroatoms. The number of carboxylic acid groups (broad SMARTS) is 1. The van der Waals surface area contributed by atoms with Crippen LogP contribution >= 0.6 is 11.6 Å². The van der Waals surface area contributed by atoms with Gasteiger partial charge in [0, 0.05) is 6.54 Å². The molecule has 0 unspecified atom stereocenters. The van der Waals surface area contributed by atoms with Gasteiger partial charge in [0.05, 0.1) is 16.3 Å². The van der Waals surface area contributed by atoms with Gasteiger partial charge in [-0.1, -0.05) is 23.7 Å². The first kappa shape index (κ1) is 14.3. The van der Waals surface area contributed by atoms with E-state index in [1.807, 2.05) is 0 Å². The molecule has 0 radical (unpaired) electrons. The molecule has 0 saturated heterocycles. The summed E-state index contributed by atoms with van der Waals surface area (Å²) in [5, 5.41) is 11.6. The quantitative estimate of drug-likeness (QED) is 0.899. The van der Waals surface area contributed by atoms with E-state index in [9.17, 15) is 13.6 Å². The van der Waals surface area contributed by atoms with Crippen molar-refractivity contribution in [3.05, 3.63) is 64.2 Å². The number of anilines is 1. The molecule has 104 valence electrons. The van der Waals surface area contributed by atoms with Crippen LogP contribution in [0.1, 0.15) is 15.9 Å². The van der Waals surface area contributed by atoms with Crippen molar-refractivity contribution in [1.82, 2.24) is 0 Å². The first-order valence-corrected chi connectivity index (χ1v) is 6.06. The van der Waals surface area contributed by atoms with Gasteiger partial charge in [-0.2, -0.15) is 0 Å². The van der Waals surface area contributed by atoms with Crippen LogP contribution in [0.5, 0.6) is 0 Å². The number of carbonyl (C=O) groups is 1. The van der Waals surface area contributed by atoms with Crippen molar-refractivity contribution in [2.75, 3.05) is 5.32 Å². The lowest BCUT2D eigenvalue weighted by Crippen LogP contribution is -2.08. The zero-order valence-corrected chi connectivity index (χ0v) is 10.9. The summed E-state index contributed by atoms with van der Waals surface area (Å²) < 4.78 is 26.7. The van der Waals surface area contributed by atoms with Crippen LogP contribution < -0.4 is 5.32 Å². The minimum Gasteiger partial charge on any atom is -0.478 e. The highest BCUT2D eigenvalue weighted by molar-refractivity contribution is 6.30. The minimum absolute atomic E-state index is 0.0451. The number of nitrogens with one attached hydrogen (secondary N) is 1. The molecule has 2 aromatic rings. The van der Waals surface area contributed by atoms with Crippen LogP contribution in [0.3, 0.4) is 0 Å². The Bertz CT molecular complexity index is 662. The summed E-state index contributed by atoms with van der Waals surface area (Å²) in [7, 11) is 0. The normalized spacial score (nSPS) is 10.3. The Hall–Kier alpha value is -2.14. The maximum atomic E-state index is 13.6. The summed E-state index contributed by atoms with van der Waals surface area (Å²) in [4.78, 5) is 11.0. The number of rotatable bonds is 4. The van der Waals surface area contributed by atoms with Gasteiger partial charge < -0.3 is 10.4 Å². The number of carboxylic acids is 1. The van der Waals surface area contributed by atoms with Crippen molar-refractivity contribution < 1.29 is 18.7 Å². The van der Waals surface area contributed by atoms with Gasteiger partial charge >= 0.3 is 5.97 Å². The standard InChI is InChI=1S/C14H10ClF2NO2/c15-10-6-8(4-5-11(10)16)7-18-13-9(14(19)20)2-1-3-12(13)17/h1-6,18H,7H2,(H,19,20). The Morgan fingerprint density at radius 1 is 1.20 bits per heavy atom. The maximum Gasteiger partial charge on any atom is 0.337 e. The van der Waals surface area contributed by atoms with E-state index in [0.717, 1.165) is 6.07 Å². The van der Waals surface area contributed by atoms with Crippen LogP contribution in [0.2, 0.25) is 5.02 Å². The molecule has 0 heterocycles. The third kappa shape index (κ3) is 3.05. The molecule has 3 nitrogen and oxygen atoms in total. The van der Waals surface area contributed by atoms with Crippen LogP contribution in [0.4, 0.5) is 14.5 Å². The fraction of sp³-hybridized carbons (Fsp3) is 0.0714. The number of hydrogen-bond donors (Lipinski definition) is 2. The van der Waals surface area contributed by atoms with Crippen LogP contribution in [0, 0.1) is 11.6 Å². The number of benzene rings is 2. The summed E-state index contributed by atoms with van der Waals surface area (Å²) in [6, 6.07) is 7.84. The van der Waals surface area contributed by atoms with E-state index >= 15 is 0 Å². The van der Waals surface area contributed by atoms with Crippen molar-refractivity contribution in [3.8, 4) is 0 Å². The van der Waals surface area contributed by atoms with Crippen LogP contribution in [-0.2, 0) is 6.54 Å². The third-order valence-electron chi connectivity index (χ3n) is 2.70. The summed E-state index contributed by atoms with van der Waals surface area (Å²) in [6.07, 6.45) is 0. The number of aromatic carboxylic acids is 1. The zero-order valence-electron chi connectivity index (χ0n) is 10.2. The maximum absolute atomic E-state index is 13.6. The van der Waals surface area contributed by atoms with Crippen molar-refractivity contribution in [1.29, 1.82) is 0 Å². The van der Waals surface area contributed by atoms with Gasteiger partial charge in [0.25, 0.3) is 0 Å². The highest BCUT2D eigenvalue weighted by Crippen LogP contribution is 2.22. The predicted octanol–water partition coefficient (Wildman–Crippen LogP) is 3.93. The summed E-state index contributed by atoms with van der Waals surface area (Å²) in [5.74, 6) is -2.45. The lowest BCUT2D eigenvalue weighted by molar-refractivity contribution is 0.0697. The zero-order chi connectivity index (χ0) is 14.7. The molecule has 0 fully saturated rings. The second-order valence-corrected chi connectivity index (χ2v) is 4.48. The molecule has 0 aromatic heterocycles. The Balaban J connectivity index is 2.22. The Morgan fingerprint density at radius 2 is 1.95 bits per heavy atom. The summed E-state index contributed by atoms with van der Waals surface area (Å²) in [5.41, 5.74) is 0.328. The molecule has 0 saturated carbocycles. The molecular weight excluding hydrogens is 288 g/mol. The van der Waals surface area contributed by atoms with Crippen molar-refractivity contribution in [2.45, 2.75) is 6.54 Å². The number of halogens is 3. The molecule has 0 atom stereocenters. The van der Waals surface area contributed by atoms with Gasteiger partial charge in [-0.15, -0.1) is 0 Å². The van der Waals surface area contributed by atoms with Crippen molar-refractivity contribution in [2.24, 2.45) is 0 Å². The van der Waals surface area contributed by atoms with Gasteiger partial charge in [0.1, 0.15) is 11.6 Å². The van der Waals surface area contributed by atoms with Gasteiger partial charge in [0.15, 0.2) is 0 Å². The summed E-state index contributed by atoms with van der Waals surface area (Å²) >= 11 is 5.64. The topological polar surface area (TPSA) is 49.3 Å². The van der Waals surface area contributed by atoms with E-state index in [-0.39, 0.29) is 22.8 Å². The van der Waals surface area contributed by atoms with Gasteiger partial charge in [-0.3, -0.25) is 0 Å². The smallest absolute Gasteiger partial charge is 0.337 e. The van der Waals surface area contributed by atoms with Crippen LogP contribution in [-0.4, -0.2) is 11.1 Å². The molecule has 0 aliphatic rings. The third-order valence-corrected chi connectivity index (χ3v) is 2.99. The first-order valence-electron chi connectivity index (χ1n) is 5.68. The second-order valence-electron chi connectivity index (χ2n) is 4.07. The highest BCUT2D eigenvalue weighted by Gasteiger charge is 2.13. The van der Waals surface area contributed by atoms with Crippen molar-refractivity contribution in [3.63, 3.8) is 0 Å². The molecule has 0 aliphatic carbocycles. The molecular formula is C14H10ClF2NO2. The Kier molecular flexibility index (Phi) is 4.20. The van der Waals surface area contributed by atoms with Gasteiger partial charge in [-0.25, -0.2) is 13.6 Å². The minimum atomic E-state index is -1.23. The predicted molar refractivity (Wildman–Crippen MR) is 72.1 cm³/mol. The molecule has 20 heavy (non-hydrogen) atoms. The fourth-order valence-electron chi connectivity index (χ4n) is 1.72. The van der Waals surface area contributed by atoms with Gasteiger partial charge in [0.2, 0.25) is 0 Å². The average Bonchev–Trinajstić information content (AvgIpc) is 2.40. The van der Waals surface area contributed by atoms with E-state index in [2.05, 4.69) is 5.32 Å². The molecule has 2 aromatic carbocycles. The SMILES string of the molecule is O=C(O)c1cccc(F)c1NCc1ccc(F)c(Cl)c1. The molecule has 0 aliphatic heterocycles. The Labute approximate surface area is 118 Å².